The lowest BCUT2D eigenvalue weighted by Crippen LogP contribution is -2.33. The molecule has 4 nitrogen and oxygen atoms in total. The van der Waals surface area contributed by atoms with Gasteiger partial charge in [-0.05, 0) is 36.0 Å². The molecule has 0 saturated carbocycles. The normalized spacial score (nSPS) is 22.2. The van der Waals surface area contributed by atoms with E-state index in [0.717, 1.165) is 11.1 Å². The summed E-state index contributed by atoms with van der Waals surface area (Å²) in [7, 11) is -3.57. The molecule has 2 atom stereocenters. The Balaban J connectivity index is 2.28. The number of aliphatic hydroxyl groups is 1. The van der Waals surface area contributed by atoms with Gasteiger partial charge in [0.25, 0.3) is 0 Å². The van der Waals surface area contributed by atoms with Gasteiger partial charge in [-0.3, -0.25) is 0 Å². The molecule has 1 aliphatic rings. The van der Waals surface area contributed by atoms with Crippen molar-refractivity contribution in [3.8, 4) is 0 Å². The average Bonchev–Trinajstić information content (AvgIpc) is 2.84. The average molecular weight is 323 g/mol. The number of benzene rings is 1. The first-order valence-electron chi connectivity index (χ1n) is 7.56. The van der Waals surface area contributed by atoms with Crippen LogP contribution in [0.5, 0.6) is 0 Å². The molecule has 22 heavy (non-hydrogen) atoms. The summed E-state index contributed by atoms with van der Waals surface area (Å²) in [6.45, 7) is 8.04. The number of rotatable bonds is 4. The summed E-state index contributed by atoms with van der Waals surface area (Å²) in [5, 5.41) is 9.14. The monoisotopic (exact) mass is 323 g/mol. The summed E-state index contributed by atoms with van der Waals surface area (Å²) >= 11 is 0. The Bertz CT molecular complexity index is 672. The van der Waals surface area contributed by atoms with Gasteiger partial charge in [-0.25, -0.2) is 13.1 Å². The lowest BCUT2D eigenvalue weighted by atomic mass is 9.87. The Kier molecular flexibility index (Phi) is 4.80. The summed E-state index contributed by atoms with van der Waals surface area (Å²) in [6.07, 6.45) is 4.29. The van der Waals surface area contributed by atoms with Gasteiger partial charge in [-0.1, -0.05) is 45.1 Å². The SMILES string of the molecule is Cc1ccc(C(C)(C)C)cc1S(=O)(=O)N[C@@H]1C=C[C@H](CO)C1. The number of hydrogen-bond donors (Lipinski definition) is 2. The molecule has 2 rings (SSSR count). The highest BCUT2D eigenvalue weighted by molar-refractivity contribution is 7.89. The molecule has 5 heteroatoms. The van der Waals surface area contributed by atoms with E-state index in [2.05, 4.69) is 25.5 Å². The molecule has 0 aliphatic heterocycles. The molecule has 0 radical (unpaired) electrons. The predicted molar refractivity (Wildman–Crippen MR) is 88.3 cm³/mol. The van der Waals surface area contributed by atoms with Crippen LogP contribution in [0.3, 0.4) is 0 Å². The molecule has 1 aromatic rings. The number of sulfonamides is 1. The van der Waals surface area contributed by atoms with E-state index in [1.807, 2.05) is 31.2 Å². The van der Waals surface area contributed by atoms with Crippen molar-refractivity contribution in [3.05, 3.63) is 41.5 Å². The minimum absolute atomic E-state index is 0.0368. The quantitative estimate of drug-likeness (QED) is 0.837. The fourth-order valence-electron chi connectivity index (χ4n) is 2.62. The molecule has 0 spiro atoms. The lowest BCUT2D eigenvalue weighted by Gasteiger charge is -2.21. The maximum Gasteiger partial charge on any atom is 0.241 e. The van der Waals surface area contributed by atoms with Gasteiger partial charge in [0.2, 0.25) is 10.0 Å². The van der Waals surface area contributed by atoms with Gasteiger partial charge in [-0.2, -0.15) is 0 Å². The first-order chi connectivity index (χ1) is 10.1. The molecule has 0 saturated heterocycles. The first kappa shape index (κ1) is 17.2. The third-order valence-corrected chi connectivity index (χ3v) is 5.69. The maximum absolute atomic E-state index is 12.7. The molecule has 2 N–H and O–H groups in total. The van der Waals surface area contributed by atoms with E-state index in [4.69, 9.17) is 5.11 Å². The van der Waals surface area contributed by atoms with Gasteiger partial charge >= 0.3 is 0 Å². The van der Waals surface area contributed by atoms with E-state index < -0.39 is 10.0 Å². The van der Waals surface area contributed by atoms with E-state index in [1.54, 1.807) is 6.07 Å². The zero-order valence-corrected chi connectivity index (χ0v) is 14.4. The summed E-state index contributed by atoms with van der Waals surface area (Å²) in [4.78, 5) is 0.334. The number of hydrogen-bond acceptors (Lipinski definition) is 3. The minimum atomic E-state index is -3.57. The van der Waals surface area contributed by atoms with Crippen LogP contribution in [-0.2, 0) is 15.4 Å². The van der Waals surface area contributed by atoms with Crippen LogP contribution in [0.25, 0.3) is 0 Å². The standard InChI is InChI=1S/C17H25NO3S/c1-12-5-7-14(17(2,3)4)10-16(12)22(20,21)18-15-8-6-13(9-15)11-19/h5-8,10,13,15,18-19H,9,11H2,1-4H3/t13-,15+/m0/s1. The molecule has 1 aliphatic carbocycles. The largest absolute Gasteiger partial charge is 0.396 e. The van der Waals surface area contributed by atoms with Crippen molar-refractivity contribution < 1.29 is 13.5 Å². The van der Waals surface area contributed by atoms with Crippen molar-refractivity contribution in [3.63, 3.8) is 0 Å². The van der Waals surface area contributed by atoms with E-state index >= 15 is 0 Å². The van der Waals surface area contributed by atoms with E-state index in [9.17, 15) is 8.42 Å². The van der Waals surface area contributed by atoms with E-state index in [-0.39, 0.29) is 24.0 Å². The van der Waals surface area contributed by atoms with Gasteiger partial charge < -0.3 is 5.11 Å². The highest BCUT2D eigenvalue weighted by Gasteiger charge is 2.26. The van der Waals surface area contributed by atoms with Crippen LogP contribution in [0.4, 0.5) is 0 Å². The smallest absolute Gasteiger partial charge is 0.241 e. The van der Waals surface area contributed by atoms with E-state index in [1.165, 1.54) is 0 Å². The fourth-order valence-corrected chi connectivity index (χ4v) is 4.09. The Morgan fingerprint density at radius 2 is 1.95 bits per heavy atom. The van der Waals surface area contributed by atoms with Crippen molar-refractivity contribution in [2.24, 2.45) is 5.92 Å². The fraction of sp³-hybridized carbons (Fsp3) is 0.529. The second kappa shape index (κ2) is 6.14. The van der Waals surface area contributed by atoms with Gasteiger partial charge in [-0.15, -0.1) is 0 Å². The maximum atomic E-state index is 12.7. The molecule has 0 heterocycles. The van der Waals surface area contributed by atoms with Crippen molar-refractivity contribution in [1.29, 1.82) is 0 Å². The van der Waals surface area contributed by atoms with E-state index in [0.29, 0.717) is 11.3 Å². The van der Waals surface area contributed by atoms with Crippen LogP contribution in [0.2, 0.25) is 0 Å². The molecule has 0 fully saturated rings. The van der Waals surface area contributed by atoms with Gasteiger partial charge in [0.15, 0.2) is 0 Å². The third kappa shape index (κ3) is 3.77. The Morgan fingerprint density at radius 3 is 2.50 bits per heavy atom. The predicted octanol–water partition coefficient (Wildman–Crippen LogP) is 2.51. The zero-order chi connectivity index (χ0) is 16.5. The molecule has 1 aromatic carbocycles. The molecular weight excluding hydrogens is 298 g/mol. The third-order valence-electron chi connectivity index (χ3n) is 4.06. The molecule has 0 unspecified atom stereocenters. The zero-order valence-electron chi connectivity index (χ0n) is 13.6. The van der Waals surface area contributed by atoms with Gasteiger partial charge in [0, 0.05) is 18.6 Å². The summed E-state index contributed by atoms with van der Waals surface area (Å²) in [5.74, 6) is 0.0368. The van der Waals surface area contributed by atoms with Crippen LogP contribution in [0.1, 0.15) is 38.3 Å². The molecule has 0 amide bonds. The number of nitrogens with one attached hydrogen (secondary N) is 1. The number of aliphatic hydroxyl groups excluding tert-OH is 1. The lowest BCUT2D eigenvalue weighted by molar-refractivity contribution is 0.248. The highest BCUT2D eigenvalue weighted by atomic mass is 32.2. The van der Waals surface area contributed by atoms with Crippen LogP contribution in [-0.4, -0.2) is 26.2 Å². The van der Waals surface area contributed by atoms with Crippen LogP contribution < -0.4 is 4.72 Å². The second-order valence-corrected chi connectivity index (χ2v) is 8.70. The summed E-state index contributed by atoms with van der Waals surface area (Å²) in [5.41, 5.74) is 1.63. The van der Waals surface area contributed by atoms with Crippen LogP contribution in [0.15, 0.2) is 35.2 Å². The van der Waals surface area contributed by atoms with Gasteiger partial charge in [0.1, 0.15) is 0 Å². The van der Waals surface area contributed by atoms with Crippen LogP contribution >= 0.6 is 0 Å². The Hall–Kier alpha value is -1.17. The molecule has 122 valence electrons. The molecule has 0 bridgehead atoms. The Labute approximate surface area is 133 Å². The first-order valence-corrected chi connectivity index (χ1v) is 9.04. The van der Waals surface area contributed by atoms with Crippen molar-refractivity contribution in [2.45, 2.75) is 50.5 Å². The van der Waals surface area contributed by atoms with Crippen molar-refractivity contribution in [1.82, 2.24) is 4.72 Å². The molecular formula is C17H25NO3S. The summed E-state index contributed by atoms with van der Waals surface area (Å²) in [6, 6.07) is 5.35. The minimum Gasteiger partial charge on any atom is -0.396 e. The Morgan fingerprint density at radius 1 is 1.27 bits per heavy atom. The number of aryl methyl sites for hydroxylation is 1. The topological polar surface area (TPSA) is 66.4 Å². The van der Waals surface area contributed by atoms with Gasteiger partial charge in [0.05, 0.1) is 4.90 Å². The van der Waals surface area contributed by atoms with Crippen molar-refractivity contribution >= 4 is 10.0 Å². The molecule has 0 aromatic heterocycles. The van der Waals surface area contributed by atoms with Crippen molar-refractivity contribution in [2.75, 3.05) is 6.61 Å². The second-order valence-electron chi connectivity index (χ2n) is 7.02. The summed E-state index contributed by atoms with van der Waals surface area (Å²) < 4.78 is 28.1. The highest BCUT2D eigenvalue weighted by Crippen LogP contribution is 2.27. The van der Waals surface area contributed by atoms with Crippen LogP contribution in [0, 0.1) is 12.8 Å².